The molecule has 0 spiro atoms. The second kappa shape index (κ2) is 26.8. The van der Waals surface area contributed by atoms with Gasteiger partial charge in [0.15, 0.2) is 24.8 Å². The molecule has 7 aliphatic rings. The number of esters is 2. The molecule has 0 bridgehead atoms. The number of benzene rings is 2. The van der Waals surface area contributed by atoms with Gasteiger partial charge in [0.25, 0.3) is 0 Å². The molecule has 11 heteroatoms. The summed E-state index contributed by atoms with van der Waals surface area (Å²) in [5.74, 6) is -0.342. The van der Waals surface area contributed by atoms with Crippen LogP contribution in [0.5, 0.6) is 0 Å². The van der Waals surface area contributed by atoms with Crippen molar-refractivity contribution in [2.75, 3.05) is 13.2 Å². The Hall–Kier alpha value is -3.90. The summed E-state index contributed by atoms with van der Waals surface area (Å²) in [6, 6.07) is 18.1. The Labute approximate surface area is 506 Å². The highest BCUT2D eigenvalue weighted by molar-refractivity contribution is 5.90. The minimum atomic E-state index is -1.00. The number of aldehydes is 1. The Morgan fingerprint density at radius 1 is 0.631 bits per heavy atom. The van der Waals surface area contributed by atoms with E-state index in [0.717, 1.165) is 77.2 Å². The molecule has 5 aliphatic carbocycles. The van der Waals surface area contributed by atoms with Gasteiger partial charge in [-0.2, -0.15) is 0 Å². The summed E-state index contributed by atoms with van der Waals surface area (Å²) in [5, 5.41) is 3.55. The zero-order valence-corrected chi connectivity index (χ0v) is 53.9. The lowest BCUT2D eigenvalue weighted by Gasteiger charge is -2.71. The topological polar surface area (TPSA) is 136 Å². The second-order valence-corrected chi connectivity index (χ2v) is 29.7. The molecule has 2 aromatic rings. The normalized spacial score (nSPS) is 39.7. The van der Waals surface area contributed by atoms with Crippen LogP contribution in [0.15, 0.2) is 72.3 Å². The van der Waals surface area contributed by atoms with Gasteiger partial charge in [0.2, 0.25) is 5.91 Å². The number of fused-ring (bicyclic) bond motifs is 7. The van der Waals surface area contributed by atoms with Crippen LogP contribution in [0.4, 0.5) is 0 Å². The lowest BCUT2D eigenvalue weighted by molar-refractivity contribution is -0.324. The number of carbonyl (C=O) groups is 4. The van der Waals surface area contributed by atoms with Crippen LogP contribution in [0.1, 0.15) is 239 Å². The van der Waals surface area contributed by atoms with Gasteiger partial charge in [0, 0.05) is 18.4 Å². The molecule has 0 radical (unpaired) electrons. The molecule has 12 unspecified atom stereocenters. The number of amides is 1. The van der Waals surface area contributed by atoms with E-state index < -0.39 is 54.3 Å². The van der Waals surface area contributed by atoms with Crippen LogP contribution in [0.3, 0.4) is 0 Å². The molecule has 466 valence electrons. The minimum absolute atomic E-state index is 0.0318. The number of hydrogen-bond acceptors (Lipinski definition) is 10. The van der Waals surface area contributed by atoms with Gasteiger partial charge in [-0.1, -0.05) is 189 Å². The molecule has 9 rings (SSSR count). The third kappa shape index (κ3) is 12.6. The highest BCUT2D eigenvalue weighted by Gasteiger charge is 2.70. The van der Waals surface area contributed by atoms with E-state index in [0.29, 0.717) is 29.4 Å². The lowest BCUT2D eigenvalue weighted by atomic mass is 9.33. The summed E-state index contributed by atoms with van der Waals surface area (Å²) in [7, 11) is 0. The van der Waals surface area contributed by atoms with E-state index in [9.17, 15) is 19.2 Å². The molecule has 11 nitrogen and oxygen atoms in total. The number of rotatable bonds is 23. The third-order valence-electron chi connectivity index (χ3n) is 24.5. The Balaban J connectivity index is 0.925. The van der Waals surface area contributed by atoms with Crippen molar-refractivity contribution < 1.29 is 47.6 Å². The van der Waals surface area contributed by atoms with E-state index in [-0.39, 0.29) is 75.3 Å². The van der Waals surface area contributed by atoms with Gasteiger partial charge in [0.1, 0.15) is 6.29 Å². The molecule has 4 saturated carbocycles. The average molecular weight is 1160 g/mol. The van der Waals surface area contributed by atoms with Crippen LogP contribution in [-0.2, 0) is 38.0 Å². The van der Waals surface area contributed by atoms with Crippen molar-refractivity contribution in [3.8, 4) is 0 Å². The summed E-state index contributed by atoms with van der Waals surface area (Å²) < 4.78 is 40.5. The highest BCUT2D eigenvalue weighted by Crippen LogP contribution is 2.76. The molecule has 2 aromatic carbocycles. The average Bonchev–Trinajstić information content (AvgIpc) is 2.94. The zero-order valence-electron chi connectivity index (χ0n) is 53.9. The molecule has 1 N–H and O–H groups in total. The predicted molar refractivity (Wildman–Crippen MR) is 331 cm³/mol. The number of nitrogens with one attached hydrogen (secondary N) is 1. The van der Waals surface area contributed by atoms with Crippen LogP contribution < -0.4 is 5.32 Å². The maximum Gasteiger partial charge on any atom is 0.338 e. The van der Waals surface area contributed by atoms with Gasteiger partial charge in [0.05, 0.1) is 46.9 Å². The van der Waals surface area contributed by atoms with E-state index in [4.69, 9.17) is 28.4 Å². The molecule has 84 heavy (non-hydrogen) atoms. The second-order valence-electron chi connectivity index (χ2n) is 29.7. The number of allylic oxidation sites excluding steroid dienone is 2. The smallest absolute Gasteiger partial charge is 0.338 e. The van der Waals surface area contributed by atoms with Gasteiger partial charge in [-0.15, -0.1) is 0 Å². The van der Waals surface area contributed by atoms with E-state index in [1.165, 1.54) is 64.1 Å². The Morgan fingerprint density at radius 3 is 1.79 bits per heavy atom. The Bertz CT molecular complexity index is 2570. The van der Waals surface area contributed by atoms with Crippen molar-refractivity contribution in [3.63, 3.8) is 0 Å². The molecule has 1 amide bonds. The number of hydrogen-bond donors (Lipinski definition) is 1. The van der Waals surface area contributed by atoms with E-state index in [2.05, 4.69) is 94.5 Å². The summed E-state index contributed by atoms with van der Waals surface area (Å²) in [6.45, 7) is 28.3. The SMILES string of the molecule is CCCCCCCCCCCCNC(=O)[C@]12CCC(C)(C)C[C@H]1C1=CCC3[C@@]4(C)CC[C@H](OC5OC(COC6OC(CC)C(C)C(C)C6OC(=O)c6ccccc6)C(C)C(C)C5OC(=O)c5ccccc5)[C@@](C)(C=O)C4CC[C@@]3(C)[C@]1(C)CC2. The molecule has 0 aromatic heterocycles. The summed E-state index contributed by atoms with van der Waals surface area (Å²) >= 11 is 0. The van der Waals surface area contributed by atoms with Gasteiger partial charge in [-0.05, 0) is 153 Å². The van der Waals surface area contributed by atoms with Gasteiger partial charge < -0.3 is 38.5 Å². The predicted octanol–water partition coefficient (Wildman–Crippen LogP) is 16.3. The Kier molecular flexibility index (Phi) is 20.6. The van der Waals surface area contributed by atoms with Crippen molar-refractivity contribution >= 4 is 24.1 Å². The van der Waals surface area contributed by atoms with Crippen molar-refractivity contribution in [1.29, 1.82) is 0 Å². The van der Waals surface area contributed by atoms with Crippen LogP contribution in [0.2, 0.25) is 0 Å². The largest absolute Gasteiger partial charge is 0.453 e. The number of carbonyl (C=O) groups excluding carboxylic acids is 4. The molecular weight excluding hydrogens is 1050 g/mol. The summed E-state index contributed by atoms with van der Waals surface area (Å²) in [4.78, 5) is 56.7. The van der Waals surface area contributed by atoms with Crippen LogP contribution >= 0.6 is 0 Å². The zero-order chi connectivity index (χ0) is 60.2. The number of ether oxygens (including phenoxy) is 6. The highest BCUT2D eigenvalue weighted by atomic mass is 16.7. The molecule has 2 saturated heterocycles. The van der Waals surface area contributed by atoms with Crippen molar-refractivity contribution in [2.24, 2.45) is 73.9 Å². The lowest BCUT2D eigenvalue weighted by Crippen LogP contribution is -2.66. The fraction of sp³-hybridized carbons (Fsp3) is 0.753. The van der Waals surface area contributed by atoms with Crippen LogP contribution in [0.25, 0.3) is 0 Å². The first-order valence-electron chi connectivity index (χ1n) is 33.7. The molecule has 19 atom stereocenters. The summed E-state index contributed by atoms with van der Waals surface area (Å²) in [5.41, 5.74) is 1.08. The monoisotopic (exact) mass is 1160 g/mol. The van der Waals surface area contributed by atoms with Gasteiger partial charge in [-0.25, -0.2) is 9.59 Å². The molecular formula is C73H109NO10. The number of unbranched alkanes of at least 4 members (excludes halogenated alkanes) is 9. The fourth-order valence-electron chi connectivity index (χ4n) is 18.4. The first kappa shape index (κ1) is 64.6. The van der Waals surface area contributed by atoms with Crippen molar-refractivity contribution in [1.82, 2.24) is 5.32 Å². The first-order chi connectivity index (χ1) is 40.1. The molecule has 2 heterocycles. The maximum absolute atomic E-state index is 14.9. The van der Waals surface area contributed by atoms with Crippen molar-refractivity contribution in [2.45, 2.75) is 261 Å². The van der Waals surface area contributed by atoms with Crippen LogP contribution in [-0.4, -0.2) is 80.4 Å². The van der Waals surface area contributed by atoms with E-state index in [1.54, 1.807) is 29.8 Å². The van der Waals surface area contributed by atoms with Crippen LogP contribution in [0, 0.1) is 73.9 Å². The van der Waals surface area contributed by atoms with Crippen molar-refractivity contribution in [3.05, 3.63) is 83.4 Å². The van der Waals surface area contributed by atoms with E-state index in [1.807, 2.05) is 36.4 Å². The Morgan fingerprint density at radius 2 is 1.19 bits per heavy atom. The minimum Gasteiger partial charge on any atom is -0.453 e. The van der Waals surface area contributed by atoms with Gasteiger partial charge in [-0.3, -0.25) is 4.79 Å². The first-order valence-corrected chi connectivity index (χ1v) is 33.7. The van der Waals surface area contributed by atoms with E-state index >= 15 is 0 Å². The maximum atomic E-state index is 14.9. The van der Waals surface area contributed by atoms with Gasteiger partial charge >= 0.3 is 11.9 Å². The standard InChI is InChI=1S/C73H109NO10/c1-13-15-16-17-18-19-20-21-22-29-44-74-67(78)73-42-40-68(7,8)45-55(73)54-34-35-59-69(9)38-37-60(70(10,47-75)58(69)36-39-72(59,12)71(54,11)41-43-73)82-66-62(84-64(77)53-32-27-24-28-33-53)51(6)49(4)57(81-66)46-79-65-61(50(5)48(3)56(14-2)80-65)83-63(76)52-30-25-23-26-31-52/h23-28,30-34,47-51,55-62,65-66H,13-22,29,35-46H2,1-12H3,(H,74,78)/t48?,49?,50?,51?,55-,56?,57?,58?,59?,60-,61?,62?,65?,66?,69-,70-,71+,72+,73-/m0/s1. The molecule has 2 aliphatic heterocycles. The third-order valence-corrected chi connectivity index (χ3v) is 24.5. The quantitative estimate of drug-likeness (QED) is 0.0377. The molecule has 6 fully saturated rings. The summed E-state index contributed by atoms with van der Waals surface area (Å²) in [6.07, 6.45) is 22.3. The fourth-order valence-corrected chi connectivity index (χ4v) is 18.4.